The number of benzene rings is 1. The first kappa shape index (κ1) is 36.1. The van der Waals surface area contributed by atoms with Crippen molar-refractivity contribution in [3.05, 3.63) is 35.9 Å². The maximum Gasteiger partial charge on any atom is 0.0866 e. The van der Waals surface area contributed by atoms with Crippen LogP contribution in [0.25, 0.3) is 0 Å². The van der Waals surface area contributed by atoms with Gasteiger partial charge in [0.05, 0.1) is 13.9 Å². The van der Waals surface area contributed by atoms with E-state index >= 15 is 0 Å². The second-order valence-electron chi connectivity index (χ2n) is 5.37. The van der Waals surface area contributed by atoms with E-state index in [-0.39, 0.29) is 8.10 Å². The van der Waals surface area contributed by atoms with Gasteiger partial charge < -0.3 is 0 Å². The average Bonchev–Trinajstić information content (AvgIpc) is 2.70. The first-order valence-corrected chi connectivity index (χ1v) is 10.6. The molecule has 0 atom stereocenters. The van der Waals surface area contributed by atoms with Crippen molar-refractivity contribution in [2.45, 2.75) is 101 Å². The standard InChI is InChI=1S/C7H14.C7H8.C3H8.C2H5F.2C2H6.CH3F.H2/c2*1-7-5-3-2-4-6-7;1-3-2;1-2-3;3*1-2;/h7H,2-6H2,1H3;2-6H,1H3;3H2,1-2H3;2H2,1H3;2*1-2H3;1H3;1H. The third-order valence-corrected chi connectivity index (χ3v) is 2.83. The number of hydrogen-bond donors (Lipinski definition) is 0. The van der Waals surface area contributed by atoms with Gasteiger partial charge in [-0.3, -0.25) is 8.78 Å². The lowest BCUT2D eigenvalue weighted by atomic mass is 9.91. The second-order valence-corrected chi connectivity index (χ2v) is 5.37. The van der Waals surface area contributed by atoms with Crippen LogP contribution in [0.1, 0.15) is 101 Å². The summed E-state index contributed by atoms with van der Waals surface area (Å²) >= 11 is 0. The molecule has 0 nitrogen and oxygen atoms in total. The molecule has 0 bridgehead atoms. The topological polar surface area (TPSA) is 0 Å². The molecule has 1 aromatic rings. The Balaban J connectivity index is -0.0000000518. The van der Waals surface area contributed by atoms with Gasteiger partial charge in [-0.1, -0.05) is 123 Å². The van der Waals surface area contributed by atoms with Crippen LogP contribution in [0.3, 0.4) is 0 Å². The van der Waals surface area contributed by atoms with Crippen molar-refractivity contribution in [2.75, 3.05) is 13.9 Å². The molecular formula is C24H52F2. The SMILES string of the molecule is CC.CC.CC1CCCCC1.CCC.CCF.CF.Cc1ccccc1.[HH]. The molecule has 1 aliphatic carbocycles. The van der Waals surface area contributed by atoms with E-state index in [9.17, 15) is 8.78 Å². The summed E-state index contributed by atoms with van der Waals surface area (Å²) in [7, 11) is 0.500. The number of alkyl halides is 2. The fourth-order valence-corrected chi connectivity index (χ4v) is 1.84. The van der Waals surface area contributed by atoms with E-state index in [2.05, 4.69) is 39.8 Å². The Hall–Kier alpha value is -0.920. The Bertz CT molecular complexity index is 258. The zero-order valence-electron chi connectivity index (χ0n) is 19.7. The van der Waals surface area contributed by atoms with Crippen molar-refractivity contribution >= 4 is 0 Å². The van der Waals surface area contributed by atoms with Gasteiger partial charge in [0.1, 0.15) is 0 Å². The quantitative estimate of drug-likeness (QED) is 0.421. The molecule has 26 heavy (non-hydrogen) atoms. The summed E-state index contributed by atoms with van der Waals surface area (Å²) in [6.07, 6.45) is 8.69. The zero-order chi connectivity index (χ0) is 21.6. The number of aryl methyl sites for hydroxylation is 1. The molecular weight excluding hydrogens is 326 g/mol. The van der Waals surface area contributed by atoms with Gasteiger partial charge in [-0.05, 0) is 19.8 Å². The molecule has 1 aromatic carbocycles. The van der Waals surface area contributed by atoms with E-state index in [4.69, 9.17) is 0 Å². The molecule has 0 saturated heterocycles. The number of hydrogen-bond acceptors (Lipinski definition) is 0. The fraction of sp³-hybridized carbons (Fsp3) is 0.750. The highest BCUT2D eigenvalue weighted by molar-refractivity contribution is 5.11. The minimum Gasteiger partial charge on any atom is -0.255 e. The molecule has 0 radical (unpaired) electrons. The molecule has 0 N–H and O–H groups in total. The Morgan fingerprint density at radius 3 is 1.31 bits per heavy atom. The molecule has 0 amide bonds. The minimum atomic E-state index is -0.250. The van der Waals surface area contributed by atoms with Crippen LogP contribution in [0.4, 0.5) is 8.78 Å². The summed E-state index contributed by atoms with van der Waals surface area (Å²) in [5.41, 5.74) is 1.32. The van der Waals surface area contributed by atoms with Crippen LogP contribution < -0.4 is 0 Å². The van der Waals surface area contributed by atoms with Gasteiger partial charge in [-0.2, -0.15) is 0 Å². The Kier molecular flexibility index (Phi) is 61.0. The van der Waals surface area contributed by atoms with Crippen LogP contribution in [0.5, 0.6) is 0 Å². The summed E-state index contributed by atoms with van der Waals surface area (Å²) in [6, 6.07) is 10.3. The van der Waals surface area contributed by atoms with Gasteiger partial charge in [0.25, 0.3) is 0 Å². The second kappa shape index (κ2) is 44.0. The van der Waals surface area contributed by atoms with E-state index in [0.29, 0.717) is 7.18 Å². The van der Waals surface area contributed by atoms with Gasteiger partial charge in [-0.25, -0.2) is 0 Å². The van der Waals surface area contributed by atoms with Gasteiger partial charge in [-0.15, -0.1) is 0 Å². The van der Waals surface area contributed by atoms with E-state index < -0.39 is 0 Å². The smallest absolute Gasteiger partial charge is 0.0866 e. The van der Waals surface area contributed by atoms with Crippen LogP contribution >= 0.6 is 0 Å². The Labute approximate surface area is 167 Å². The maximum absolute atomic E-state index is 10.3. The third kappa shape index (κ3) is 49.5. The van der Waals surface area contributed by atoms with Crippen LogP contribution in [0, 0.1) is 12.8 Å². The van der Waals surface area contributed by atoms with E-state index in [1.807, 2.05) is 45.9 Å². The van der Waals surface area contributed by atoms with Crippen LogP contribution in [0.2, 0.25) is 0 Å². The first-order valence-electron chi connectivity index (χ1n) is 10.6. The highest BCUT2D eigenvalue weighted by Gasteiger charge is 2.05. The van der Waals surface area contributed by atoms with Crippen molar-refractivity contribution in [1.82, 2.24) is 0 Å². The maximum atomic E-state index is 10.3. The average molecular weight is 379 g/mol. The molecule has 0 aliphatic heterocycles. The highest BCUT2D eigenvalue weighted by atomic mass is 19.1. The molecule has 1 saturated carbocycles. The van der Waals surface area contributed by atoms with Crippen molar-refractivity contribution < 1.29 is 10.2 Å². The summed E-state index contributed by atoms with van der Waals surface area (Å²) in [5, 5.41) is 0. The molecule has 162 valence electrons. The molecule has 1 fully saturated rings. The molecule has 0 heterocycles. The fourth-order valence-electron chi connectivity index (χ4n) is 1.84. The van der Waals surface area contributed by atoms with Crippen LogP contribution in [0.15, 0.2) is 30.3 Å². The van der Waals surface area contributed by atoms with Crippen molar-refractivity contribution in [2.24, 2.45) is 5.92 Å². The van der Waals surface area contributed by atoms with Gasteiger partial charge >= 0.3 is 0 Å². The van der Waals surface area contributed by atoms with E-state index in [1.54, 1.807) is 0 Å². The third-order valence-electron chi connectivity index (χ3n) is 2.83. The van der Waals surface area contributed by atoms with E-state index in [0.717, 1.165) is 5.92 Å². The zero-order valence-corrected chi connectivity index (χ0v) is 19.7. The van der Waals surface area contributed by atoms with Crippen molar-refractivity contribution in [1.29, 1.82) is 0 Å². The first-order chi connectivity index (χ1) is 12.6. The molecule has 2 rings (SSSR count). The Morgan fingerprint density at radius 1 is 0.846 bits per heavy atom. The lowest BCUT2D eigenvalue weighted by Gasteiger charge is -2.15. The van der Waals surface area contributed by atoms with Crippen molar-refractivity contribution in [3.8, 4) is 0 Å². The number of halogens is 2. The summed E-state index contributed by atoms with van der Waals surface area (Å²) in [4.78, 5) is 0. The molecule has 0 unspecified atom stereocenters. The lowest BCUT2D eigenvalue weighted by molar-refractivity contribution is 0.385. The number of rotatable bonds is 0. The molecule has 0 aromatic heterocycles. The summed E-state index contributed by atoms with van der Waals surface area (Å²) in [6.45, 7) is 17.9. The minimum absolute atomic E-state index is 0. The predicted octanol–water partition coefficient (Wildman–Crippen LogP) is 9.86. The molecule has 0 spiro atoms. The highest BCUT2D eigenvalue weighted by Crippen LogP contribution is 2.22. The van der Waals surface area contributed by atoms with Gasteiger partial charge in [0, 0.05) is 1.43 Å². The Morgan fingerprint density at radius 2 is 1.15 bits per heavy atom. The summed E-state index contributed by atoms with van der Waals surface area (Å²) < 4.78 is 19.8. The van der Waals surface area contributed by atoms with Crippen LogP contribution in [-0.4, -0.2) is 13.9 Å². The largest absolute Gasteiger partial charge is 0.255 e. The van der Waals surface area contributed by atoms with Gasteiger partial charge in [0.15, 0.2) is 0 Å². The van der Waals surface area contributed by atoms with Gasteiger partial charge in [0.2, 0.25) is 0 Å². The lowest BCUT2D eigenvalue weighted by Crippen LogP contribution is -1.99. The molecule has 1 aliphatic rings. The van der Waals surface area contributed by atoms with Crippen molar-refractivity contribution in [3.63, 3.8) is 0 Å². The molecule has 2 heteroatoms. The predicted molar refractivity (Wildman–Crippen MR) is 123 cm³/mol. The summed E-state index contributed by atoms with van der Waals surface area (Å²) in [5.74, 6) is 1.04. The monoisotopic (exact) mass is 378 g/mol. The van der Waals surface area contributed by atoms with E-state index in [1.165, 1.54) is 51.0 Å². The van der Waals surface area contributed by atoms with Crippen LogP contribution in [-0.2, 0) is 0 Å². The normalized spacial score (nSPS) is 11.2.